The van der Waals surface area contributed by atoms with E-state index >= 15 is 0 Å². The van der Waals surface area contributed by atoms with Crippen molar-refractivity contribution in [1.82, 2.24) is 4.90 Å². The van der Waals surface area contributed by atoms with Crippen LogP contribution >= 0.6 is 0 Å². The molecule has 1 aliphatic rings. The van der Waals surface area contributed by atoms with Crippen LogP contribution in [0.4, 0.5) is 0 Å². The number of furan rings is 1. The molecule has 0 aromatic carbocycles. The zero-order valence-electron chi connectivity index (χ0n) is 8.74. The number of amides is 1. The largest absolute Gasteiger partial charge is 0.468 e. The smallest absolute Gasteiger partial charge is 0.222 e. The molecule has 2 heterocycles. The molecule has 2 rings (SSSR count). The molecule has 82 valence electrons. The highest BCUT2D eigenvalue weighted by atomic mass is 16.3. The molecule has 1 aromatic heterocycles. The van der Waals surface area contributed by atoms with Gasteiger partial charge in [0, 0.05) is 25.1 Å². The predicted molar refractivity (Wildman–Crippen MR) is 55.9 cm³/mol. The van der Waals surface area contributed by atoms with Crippen LogP contribution in [0, 0.1) is 0 Å². The van der Waals surface area contributed by atoms with Gasteiger partial charge in [-0.05, 0) is 18.9 Å². The van der Waals surface area contributed by atoms with Crippen molar-refractivity contribution in [2.45, 2.75) is 32.4 Å². The second kappa shape index (κ2) is 4.49. The van der Waals surface area contributed by atoms with E-state index in [1.54, 1.807) is 6.26 Å². The number of carbonyl (C=O) groups is 1. The third-order valence-corrected chi connectivity index (χ3v) is 2.70. The van der Waals surface area contributed by atoms with Crippen molar-refractivity contribution in [1.29, 1.82) is 0 Å². The number of rotatable bonds is 3. The van der Waals surface area contributed by atoms with Crippen molar-refractivity contribution in [2.24, 2.45) is 5.73 Å². The summed E-state index contributed by atoms with van der Waals surface area (Å²) in [4.78, 5) is 13.4. The Labute approximate surface area is 89.0 Å². The number of hydrogen-bond acceptors (Lipinski definition) is 3. The maximum Gasteiger partial charge on any atom is 0.222 e. The minimum absolute atomic E-state index is 0.247. The first-order valence-corrected chi connectivity index (χ1v) is 5.33. The summed E-state index contributed by atoms with van der Waals surface area (Å²) in [6, 6.07) is 1.92. The minimum atomic E-state index is 0.247. The third-order valence-electron chi connectivity index (χ3n) is 2.70. The molecule has 1 aromatic rings. The van der Waals surface area contributed by atoms with E-state index in [-0.39, 0.29) is 5.91 Å². The standard InChI is InChI=1S/C11H16N2O2/c12-6-10-5-9(8-15-10)7-13-4-2-1-3-11(13)14/h5,8H,1-4,6-7,12H2. The van der Waals surface area contributed by atoms with Crippen LogP contribution < -0.4 is 5.73 Å². The lowest BCUT2D eigenvalue weighted by atomic mass is 10.1. The molecule has 4 nitrogen and oxygen atoms in total. The summed E-state index contributed by atoms with van der Waals surface area (Å²) >= 11 is 0. The van der Waals surface area contributed by atoms with Gasteiger partial charge in [-0.3, -0.25) is 4.79 Å². The molecular weight excluding hydrogens is 192 g/mol. The molecule has 4 heteroatoms. The van der Waals surface area contributed by atoms with E-state index in [0.29, 0.717) is 19.5 Å². The number of nitrogens with two attached hydrogens (primary N) is 1. The zero-order chi connectivity index (χ0) is 10.7. The lowest BCUT2D eigenvalue weighted by molar-refractivity contribution is -0.133. The van der Waals surface area contributed by atoms with Gasteiger partial charge < -0.3 is 15.1 Å². The predicted octanol–water partition coefficient (Wildman–Crippen LogP) is 1.25. The summed E-state index contributed by atoms with van der Waals surface area (Å²) in [5, 5.41) is 0. The fourth-order valence-electron chi connectivity index (χ4n) is 1.87. The maximum atomic E-state index is 11.5. The van der Waals surface area contributed by atoms with E-state index in [4.69, 9.17) is 10.2 Å². The average Bonchev–Trinajstić information content (AvgIpc) is 2.69. The summed E-state index contributed by atoms with van der Waals surface area (Å²) in [6.45, 7) is 1.93. The highest BCUT2D eigenvalue weighted by molar-refractivity contribution is 5.76. The molecule has 15 heavy (non-hydrogen) atoms. The van der Waals surface area contributed by atoms with E-state index in [9.17, 15) is 4.79 Å². The Kier molecular flexibility index (Phi) is 3.06. The van der Waals surface area contributed by atoms with Crippen molar-refractivity contribution in [2.75, 3.05) is 6.54 Å². The van der Waals surface area contributed by atoms with Crippen molar-refractivity contribution in [3.8, 4) is 0 Å². The van der Waals surface area contributed by atoms with E-state index in [2.05, 4.69) is 0 Å². The summed E-state index contributed by atoms with van der Waals surface area (Å²) in [5.74, 6) is 1.02. The number of hydrogen-bond donors (Lipinski definition) is 1. The Morgan fingerprint density at radius 3 is 3.00 bits per heavy atom. The molecule has 1 fully saturated rings. The molecule has 0 atom stereocenters. The van der Waals surface area contributed by atoms with Gasteiger partial charge in [-0.15, -0.1) is 0 Å². The Bertz CT molecular complexity index is 346. The highest BCUT2D eigenvalue weighted by Gasteiger charge is 2.18. The number of likely N-dealkylation sites (tertiary alicyclic amines) is 1. The quantitative estimate of drug-likeness (QED) is 0.813. The number of nitrogens with zero attached hydrogens (tertiary/aromatic N) is 1. The average molecular weight is 208 g/mol. The van der Waals surface area contributed by atoms with Gasteiger partial charge in [0.05, 0.1) is 12.8 Å². The van der Waals surface area contributed by atoms with Crippen molar-refractivity contribution in [3.05, 3.63) is 23.7 Å². The van der Waals surface area contributed by atoms with Crippen LogP contribution in [-0.2, 0) is 17.9 Å². The lowest BCUT2D eigenvalue weighted by Gasteiger charge is -2.26. The molecule has 0 aliphatic carbocycles. The van der Waals surface area contributed by atoms with Gasteiger partial charge in [0.2, 0.25) is 5.91 Å². The Morgan fingerprint density at radius 2 is 2.33 bits per heavy atom. The van der Waals surface area contributed by atoms with Crippen LogP contribution in [0.25, 0.3) is 0 Å². The molecule has 0 unspecified atom stereocenters. The van der Waals surface area contributed by atoms with Crippen LogP contribution in [0.1, 0.15) is 30.6 Å². The fraction of sp³-hybridized carbons (Fsp3) is 0.545. The first-order chi connectivity index (χ1) is 7.29. The van der Waals surface area contributed by atoms with Gasteiger partial charge in [-0.2, -0.15) is 0 Å². The Hall–Kier alpha value is -1.29. The topological polar surface area (TPSA) is 59.5 Å². The molecule has 0 saturated carbocycles. The van der Waals surface area contributed by atoms with Gasteiger partial charge in [-0.25, -0.2) is 0 Å². The first kappa shape index (κ1) is 10.2. The summed E-state index contributed by atoms with van der Waals surface area (Å²) in [7, 11) is 0. The lowest BCUT2D eigenvalue weighted by Crippen LogP contribution is -2.34. The van der Waals surface area contributed by atoms with Crippen LogP contribution in [0.2, 0.25) is 0 Å². The van der Waals surface area contributed by atoms with Crippen LogP contribution in [0.3, 0.4) is 0 Å². The summed E-state index contributed by atoms with van der Waals surface area (Å²) in [5.41, 5.74) is 6.48. The Balaban J connectivity index is 1.98. The van der Waals surface area contributed by atoms with Gasteiger partial charge in [0.1, 0.15) is 5.76 Å². The molecule has 0 spiro atoms. The van der Waals surface area contributed by atoms with Crippen LogP contribution in [0.5, 0.6) is 0 Å². The van der Waals surface area contributed by atoms with Crippen molar-refractivity contribution in [3.63, 3.8) is 0 Å². The number of carbonyl (C=O) groups excluding carboxylic acids is 1. The monoisotopic (exact) mass is 208 g/mol. The fourth-order valence-corrected chi connectivity index (χ4v) is 1.87. The van der Waals surface area contributed by atoms with Gasteiger partial charge in [0.15, 0.2) is 0 Å². The molecule has 1 aliphatic heterocycles. The van der Waals surface area contributed by atoms with Crippen molar-refractivity contribution < 1.29 is 9.21 Å². The maximum absolute atomic E-state index is 11.5. The van der Waals surface area contributed by atoms with Crippen LogP contribution in [-0.4, -0.2) is 17.4 Å². The molecule has 1 saturated heterocycles. The molecule has 1 amide bonds. The molecule has 0 bridgehead atoms. The highest BCUT2D eigenvalue weighted by Crippen LogP contribution is 2.15. The molecular formula is C11H16N2O2. The van der Waals surface area contributed by atoms with Crippen LogP contribution in [0.15, 0.2) is 16.7 Å². The Morgan fingerprint density at radius 1 is 1.47 bits per heavy atom. The van der Waals surface area contributed by atoms with E-state index in [1.165, 1.54) is 0 Å². The minimum Gasteiger partial charge on any atom is -0.468 e. The second-order valence-electron chi connectivity index (χ2n) is 3.90. The second-order valence-corrected chi connectivity index (χ2v) is 3.90. The van der Waals surface area contributed by atoms with E-state index in [1.807, 2.05) is 11.0 Å². The van der Waals surface area contributed by atoms with Gasteiger partial charge in [0.25, 0.3) is 0 Å². The van der Waals surface area contributed by atoms with E-state index in [0.717, 1.165) is 30.7 Å². The van der Waals surface area contributed by atoms with Gasteiger partial charge in [-0.1, -0.05) is 0 Å². The SMILES string of the molecule is NCc1cc(CN2CCCCC2=O)co1. The summed E-state index contributed by atoms with van der Waals surface area (Å²) in [6.07, 6.45) is 4.49. The first-order valence-electron chi connectivity index (χ1n) is 5.33. The number of piperidine rings is 1. The molecule has 2 N–H and O–H groups in total. The zero-order valence-corrected chi connectivity index (χ0v) is 8.74. The summed E-state index contributed by atoms with van der Waals surface area (Å²) < 4.78 is 5.23. The van der Waals surface area contributed by atoms with Crippen molar-refractivity contribution >= 4 is 5.91 Å². The molecule has 0 radical (unpaired) electrons. The van der Waals surface area contributed by atoms with Gasteiger partial charge >= 0.3 is 0 Å². The van der Waals surface area contributed by atoms with E-state index < -0.39 is 0 Å². The normalized spacial score (nSPS) is 17.1. The third kappa shape index (κ3) is 2.39.